The van der Waals surface area contributed by atoms with Crippen LogP contribution in [0.15, 0.2) is 18.2 Å². The first-order valence-corrected chi connectivity index (χ1v) is 5.64. The van der Waals surface area contributed by atoms with Crippen LogP contribution in [0.25, 0.3) is 0 Å². The molecule has 0 aliphatic heterocycles. The van der Waals surface area contributed by atoms with Gasteiger partial charge in [0, 0.05) is 5.56 Å². The topological polar surface area (TPSA) is 66.4 Å². The van der Waals surface area contributed by atoms with E-state index in [0.29, 0.717) is 0 Å². The van der Waals surface area contributed by atoms with E-state index in [1.54, 1.807) is 0 Å². The van der Waals surface area contributed by atoms with Gasteiger partial charge in [-0.25, -0.2) is 4.39 Å². The first-order valence-electron chi connectivity index (χ1n) is 4.16. The van der Waals surface area contributed by atoms with Gasteiger partial charge in [0.1, 0.15) is 5.82 Å². The van der Waals surface area contributed by atoms with E-state index >= 15 is 0 Å². The van der Waals surface area contributed by atoms with Crippen molar-refractivity contribution >= 4 is 15.7 Å². The van der Waals surface area contributed by atoms with Gasteiger partial charge in [-0.3, -0.25) is 4.72 Å². The second kappa shape index (κ2) is 4.49. The summed E-state index contributed by atoms with van der Waals surface area (Å²) in [7, 11) is -5.58. The number of alkyl halides is 3. The predicted molar refractivity (Wildman–Crippen MR) is 50.9 cm³/mol. The van der Waals surface area contributed by atoms with E-state index in [1.807, 2.05) is 0 Å². The van der Waals surface area contributed by atoms with E-state index in [1.165, 1.54) is 4.72 Å². The molecular weight excluding hydrogens is 266 g/mol. The zero-order chi connectivity index (χ0) is 13.3. The third-order valence-corrected chi connectivity index (χ3v) is 2.88. The molecule has 0 atom stereocenters. The molecule has 4 nitrogen and oxygen atoms in total. The van der Waals surface area contributed by atoms with Crippen molar-refractivity contribution < 1.29 is 31.1 Å². The monoisotopic (exact) mass is 273 g/mol. The number of halogens is 4. The van der Waals surface area contributed by atoms with Crippen LogP contribution in [-0.2, 0) is 16.6 Å². The zero-order valence-electron chi connectivity index (χ0n) is 8.12. The molecule has 1 aromatic rings. The smallest absolute Gasteiger partial charge is 0.392 e. The summed E-state index contributed by atoms with van der Waals surface area (Å²) in [5.74, 6) is -0.802. The Bertz CT molecular complexity index is 512. The molecule has 0 unspecified atom stereocenters. The number of hydrogen-bond acceptors (Lipinski definition) is 3. The summed E-state index contributed by atoms with van der Waals surface area (Å²) in [6.45, 7) is -0.798. The molecule has 2 N–H and O–H groups in total. The largest absolute Gasteiger partial charge is 0.516 e. The number of sulfonamides is 1. The Balaban J connectivity index is 3.13. The van der Waals surface area contributed by atoms with Crippen molar-refractivity contribution in [3.63, 3.8) is 0 Å². The van der Waals surface area contributed by atoms with E-state index in [4.69, 9.17) is 5.11 Å². The minimum absolute atomic E-state index is 0.294. The van der Waals surface area contributed by atoms with Crippen LogP contribution in [0, 0.1) is 5.82 Å². The van der Waals surface area contributed by atoms with Gasteiger partial charge in [0.2, 0.25) is 0 Å². The van der Waals surface area contributed by atoms with Gasteiger partial charge in [-0.2, -0.15) is 21.6 Å². The number of rotatable bonds is 3. The van der Waals surface area contributed by atoms with Crippen LogP contribution in [-0.4, -0.2) is 19.0 Å². The molecule has 0 amide bonds. The minimum Gasteiger partial charge on any atom is -0.392 e. The average molecular weight is 273 g/mol. The molecule has 17 heavy (non-hydrogen) atoms. The number of benzene rings is 1. The second-order valence-electron chi connectivity index (χ2n) is 3.01. The van der Waals surface area contributed by atoms with Crippen molar-refractivity contribution in [3.05, 3.63) is 29.6 Å². The lowest BCUT2D eigenvalue weighted by molar-refractivity contribution is -0.0429. The molecule has 0 aliphatic rings. The Morgan fingerprint density at radius 1 is 1.29 bits per heavy atom. The lowest BCUT2D eigenvalue weighted by atomic mass is 10.2. The number of nitrogens with one attached hydrogen (secondary N) is 1. The summed E-state index contributed by atoms with van der Waals surface area (Å²) in [6, 6.07) is 2.30. The maximum Gasteiger partial charge on any atom is 0.516 e. The van der Waals surface area contributed by atoms with Gasteiger partial charge in [0.15, 0.2) is 0 Å². The fraction of sp³-hybridized carbons (Fsp3) is 0.250. The first kappa shape index (κ1) is 13.7. The molecule has 0 spiro atoms. The second-order valence-corrected chi connectivity index (χ2v) is 4.68. The highest BCUT2D eigenvalue weighted by molar-refractivity contribution is 7.93. The predicted octanol–water partition coefficient (Wildman–Crippen LogP) is 1.58. The third-order valence-electron chi connectivity index (χ3n) is 1.79. The number of aliphatic hydroxyl groups excluding tert-OH is 1. The van der Waals surface area contributed by atoms with E-state index in [0.717, 1.165) is 18.2 Å². The van der Waals surface area contributed by atoms with Crippen LogP contribution < -0.4 is 4.72 Å². The molecular formula is C8H7F4NO3S. The normalized spacial score (nSPS) is 12.5. The first-order chi connectivity index (χ1) is 7.67. The van der Waals surface area contributed by atoms with Crippen LogP contribution in [0.1, 0.15) is 5.56 Å². The fourth-order valence-electron chi connectivity index (χ4n) is 0.995. The van der Waals surface area contributed by atoms with E-state index in [-0.39, 0.29) is 5.56 Å². The van der Waals surface area contributed by atoms with E-state index in [9.17, 15) is 26.0 Å². The van der Waals surface area contributed by atoms with Gasteiger partial charge in [-0.05, 0) is 18.2 Å². The van der Waals surface area contributed by atoms with Crippen LogP contribution in [0.3, 0.4) is 0 Å². The molecule has 0 bridgehead atoms. The van der Waals surface area contributed by atoms with Gasteiger partial charge in [-0.1, -0.05) is 0 Å². The highest BCUT2D eigenvalue weighted by Crippen LogP contribution is 2.27. The maximum atomic E-state index is 12.7. The molecule has 9 heteroatoms. The van der Waals surface area contributed by atoms with Crippen LogP contribution in [0.4, 0.5) is 23.2 Å². The highest BCUT2D eigenvalue weighted by atomic mass is 32.2. The van der Waals surface area contributed by atoms with Crippen molar-refractivity contribution in [2.45, 2.75) is 12.1 Å². The van der Waals surface area contributed by atoms with Crippen LogP contribution >= 0.6 is 0 Å². The summed E-state index contributed by atoms with van der Waals surface area (Å²) in [6.07, 6.45) is 0. The minimum atomic E-state index is -5.58. The van der Waals surface area contributed by atoms with Crippen molar-refractivity contribution in [1.29, 1.82) is 0 Å². The standard InChI is InChI=1S/C8H7F4NO3S/c9-6-1-2-7(5(3-6)4-14)13-17(15,16)8(10,11)12/h1-3,13-14H,4H2. The SMILES string of the molecule is O=S(=O)(Nc1ccc(F)cc1CO)C(F)(F)F. The van der Waals surface area contributed by atoms with Crippen LogP contribution in [0.5, 0.6) is 0 Å². The van der Waals surface area contributed by atoms with Gasteiger partial charge < -0.3 is 5.11 Å². The summed E-state index contributed by atoms with van der Waals surface area (Å²) in [4.78, 5) is 0. The van der Waals surface area contributed by atoms with Crippen molar-refractivity contribution in [2.24, 2.45) is 0 Å². The Hall–Kier alpha value is -1.35. The molecule has 0 heterocycles. The Morgan fingerprint density at radius 2 is 1.88 bits per heavy atom. The summed E-state index contributed by atoms with van der Waals surface area (Å²) < 4.78 is 71.6. The van der Waals surface area contributed by atoms with Gasteiger partial charge in [0.05, 0.1) is 12.3 Å². The molecule has 96 valence electrons. The third kappa shape index (κ3) is 3.07. The Morgan fingerprint density at radius 3 is 2.35 bits per heavy atom. The Labute approximate surface area is 93.9 Å². The summed E-state index contributed by atoms with van der Waals surface area (Å²) >= 11 is 0. The molecule has 1 rings (SSSR count). The lowest BCUT2D eigenvalue weighted by Crippen LogP contribution is -2.30. The van der Waals surface area contributed by atoms with Crippen LogP contribution in [0.2, 0.25) is 0 Å². The van der Waals surface area contributed by atoms with Gasteiger partial charge in [-0.15, -0.1) is 0 Å². The van der Waals surface area contributed by atoms with Crippen molar-refractivity contribution in [1.82, 2.24) is 0 Å². The quantitative estimate of drug-likeness (QED) is 0.822. The van der Waals surface area contributed by atoms with Gasteiger partial charge >= 0.3 is 15.5 Å². The molecule has 0 saturated carbocycles. The number of aliphatic hydroxyl groups is 1. The average Bonchev–Trinajstić information content (AvgIpc) is 2.18. The molecule has 0 aliphatic carbocycles. The summed E-state index contributed by atoms with van der Waals surface area (Å²) in [5.41, 5.74) is -6.29. The number of hydrogen-bond donors (Lipinski definition) is 2. The van der Waals surface area contributed by atoms with E-state index < -0.39 is 33.6 Å². The van der Waals surface area contributed by atoms with Crippen molar-refractivity contribution in [2.75, 3.05) is 4.72 Å². The molecule has 0 saturated heterocycles. The molecule has 1 aromatic carbocycles. The molecule has 0 radical (unpaired) electrons. The molecule has 0 fully saturated rings. The highest BCUT2D eigenvalue weighted by Gasteiger charge is 2.46. The Kier molecular flexibility index (Phi) is 3.62. The maximum absolute atomic E-state index is 12.7. The fourth-order valence-corrected chi connectivity index (χ4v) is 1.60. The van der Waals surface area contributed by atoms with Gasteiger partial charge in [0.25, 0.3) is 0 Å². The molecule has 0 aromatic heterocycles. The van der Waals surface area contributed by atoms with E-state index in [2.05, 4.69) is 0 Å². The zero-order valence-corrected chi connectivity index (χ0v) is 8.94. The lowest BCUT2D eigenvalue weighted by Gasteiger charge is -2.13. The number of anilines is 1. The van der Waals surface area contributed by atoms with Crippen molar-refractivity contribution in [3.8, 4) is 0 Å². The summed E-state index contributed by atoms with van der Waals surface area (Å²) in [5, 5.41) is 8.76.